The van der Waals surface area contributed by atoms with E-state index in [2.05, 4.69) is 5.32 Å². The molecule has 116 valence electrons. The summed E-state index contributed by atoms with van der Waals surface area (Å²) in [6, 6.07) is 6.12. The average Bonchev–Trinajstić information content (AvgIpc) is 2.85. The number of anilines is 1. The molecule has 4 nitrogen and oxygen atoms in total. The van der Waals surface area contributed by atoms with Crippen LogP contribution < -0.4 is 5.32 Å². The zero-order chi connectivity index (χ0) is 15.3. The van der Waals surface area contributed by atoms with Crippen molar-refractivity contribution in [3.63, 3.8) is 0 Å². The topological polar surface area (TPSA) is 52.6 Å². The Labute approximate surface area is 125 Å². The van der Waals surface area contributed by atoms with Gasteiger partial charge in [0.25, 0.3) is 0 Å². The number of hydrogen-bond donors (Lipinski definition) is 2. The average molecular weight is 294 g/mol. The summed E-state index contributed by atoms with van der Waals surface area (Å²) in [6.07, 6.45) is 4.08. The number of nitrogens with zero attached hydrogens (tertiary/aromatic N) is 1. The van der Waals surface area contributed by atoms with Crippen LogP contribution in [0.5, 0.6) is 0 Å². The molecule has 1 aromatic carbocycles. The van der Waals surface area contributed by atoms with Gasteiger partial charge >= 0.3 is 0 Å². The molecule has 1 aliphatic carbocycles. The number of halogens is 1. The minimum absolute atomic E-state index is 0.208. The van der Waals surface area contributed by atoms with Gasteiger partial charge in [-0.1, -0.05) is 25.0 Å². The predicted molar refractivity (Wildman–Crippen MR) is 80.6 cm³/mol. The summed E-state index contributed by atoms with van der Waals surface area (Å²) in [5.41, 5.74) is -0.392. The predicted octanol–water partition coefficient (Wildman–Crippen LogP) is 2.39. The van der Waals surface area contributed by atoms with E-state index in [9.17, 15) is 14.3 Å². The minimum atomic E-state index is -0.600. The highest BCUT2D eigenvalue weighted by molar-refractivity contribution is 5.90. The van der Waals surface area contributed by atoms with E-state index in [1.807, 2.05) is 11.9 Å². The lowest BCUT2D eigenvalue weighted by atomic mass is 10.0. The van der Waals surface area contributed by atoms with E-state index in [0.29, 0.717) is 13.1 Å². The molecule has 0 atom stereocenters. The summed E-state index contributed by atoms with van der Waals surface area (Å²) in [4.78, 5) is 13.8. The Morgan fingerprint density at radius 1 is 1.38 bits per heavy atom. The van der Waals surface area contributed by atoms with Gasteiger partial charge in [0.2, 0.25) is 5.91 Å². The van der Waals surface area contributed by atoms with Crippen LogP contribution >= 0.6 is 0 Å². The van der Waals surface area contributed by atoms with Gasteiger partial charge < -0.3 is 15.3 Å². The molecule has 0 aliphatic heterocycles. The highest BCUT2D eigenvalue weighted by Gasteiger charge is 2.32. The van der Waals surface area contributed by atoms with E-state index in [0.717, 1.165) is 25.7 Å². The lowest BCUT2D eigenvalue weighted by Crippen LogP contribution is -2.40. The molecule has 0 aromatic heterocycles. The normalized spacial score (nSPS) is 17.1. The fraction of sp³-hybridized carbons (Fsp3) is 0.562. The summed E-state index contributed by atoms with van der Waals surface area (Å²) in [7, 11) is 1.90. The van der Waals surface area contributed by atoms with Gasteiger partial charge in [-0.05, 0) is 32.0 Å². The van der Waals surface area contributed by atoms with Crippen molar-refractivity contribution in [1.82, 2.24) is 4.90 Å². The number of aliphatic hydroxyl groups is 1. The second kappa shape index (κ2) is 7.00. The highest BCUT2D eigenvalue weighted by atomic mass is 19.1. The third-order valence-electron chi connectivity index (χ3n) is 3.97. The number of likely N-dealkylation sites (N-methyl/N-ethyl adjacent to an activating group) is 1. The molecule has 0 radical (unpaired) electrons. The number of nitrogens with one attached hydrogen (secondary N) is 1. The molecule has 0 bridgehead atoms. The van der Waals surface area contributed by atoms with Crippen molar-refractivity contribution in [1.29, 1.82) is 0 Å². The molecule has 0 spiro atoms. The van der Waals surface area contributed by atoms with E-state index in [4.69, 9.17) is 0 Å². The second-order valence-electron chi connectivity index (χ2n) is 5.95. The Hall–Kier alpha value is -1.46. The van der Waals surface area contributed by atoms with Gasteiger partial charge in [0, 0.05) is 19.5 Å². The van der Waals surface area contributed by atoms with Crippen molar-refractivity contribution >= 4 is 11.6 Å². The molecule has 1 aromatic rings. The maximum Gasteiger partial charge on any atom is 0.225 e. The van der Waals surface area contributed by atoms with Crippen molar-refractivity contribution in [2.24, 2.45) is 0 Å². The molecule has 21 heavy (non-hydrogen) atoms. The van der Waals surface area contributed by atoms with Crippen LogP contribution in [0.25, 0.3) is 0 Å². The fourth-order valence-electron chi connectivity index (χ4n) is 2.84. The van der Waals surface area contributed by atoms with E-state index in [1.165, 1.54) is 12.1 Å². The van der Waals surface area contributed by atoms with Crippen LogP contribution in [0, 0.1) is 5.82 Å². The van der Waals surface area contributed by atoms with Gasteiger partial charge in [-0.3, -0.25) is 4.79 Å². The molecule has 0 saturated heterocycles. The number of carbonyl (C=O) groups is 1. The maximum atomic E-state index is 13.4. The quantitative estimate of drug-likeness (QED) is 0.847. The van der Waals surface area contributed by atoms with Crippen LogP contribution in [-0.4, -0.2) is 41.7 Å². The maximum absolute atomic E-state index is 13.4. The summed E-state index contributed by atoms with van der Waals surface area (Å²) >= 11 is 0. The van der Waals surface area contributed by atoms with Crippen LogP contribution in [0.2, 0.25) is 0 Å². The van der Waals surface area contributed by atoms with E-state index < -0.39 is 11.4 Å². The van der Waals surface area contributed by atoms with Gasteiger partial charge in [-0.25, -0.2) is 4.39 Å². The van der Waals surface area contributed by atoms with Crippen LogP contribution in [0.3, 0.4) is 0 Å². The van der Waals surface area contributed by atoms with Crippen LogP contribution in [0.15, 0.2) is 24.3 Å². The van der Waals surface area contributed by atoms with Gasteiger partial charge in [-0.15, -0.1) is 0 Å². The zero-order valence-electron chi connectivity index (χ0n) is 12.4. The van der Waals surface area contributed by atoms with Gasteiger partial charge in [-0.2, -0.15) is 0 Å². The molecule has 1 fully saturated rings. The fourth-order valence-corrected chi connectivity index (χ4v) is 2.84. The largest absolute Gasteiger partial charge is 0.389 e. The van der Waals surface area contributed by atoms with E-state index in [-0.39, 0.29) is 18.0 Å². The van der Waals surface area contributed by atoms with Gasteiger partial charge in [0.05, 0.1) is 11.3 Å². The molecule has 5 heteroatoms. The van der Waals surface area contributed by atoms with Crippen molar-refractivity contribution < 1.29 is 14.3 Å². The summed E-state index contributed by atoms with van der Waals surface area (Å²) in [5, 5.41) is 12.9. The summed E-state index contributed by atoms with van der Waals surface area (Å²) < 4.78 is 13.4. The monoisotopic (exact) mass is 294 g/mol. The number of benzene rings is 1. The van der Waals surface area contributed by atoms with Crippen LogP contribution in [0.4, 0.5) is 10.1 Å². The first kappa shape index (κ1) is 15.9. The standard InChI is InChI=1S/C16H23FN2O2/c1-19(12-16(21)9-4-5-10-16)11-8-15(20)18-14-7-3-2-6-13(14)17/h2-3,6-7,21H,4-5,8-12H2,1H3,(H,18,20). The molecule has 2 rings (SSSR count). The molecule has 1 saturated carbocycles. The first-order chi connectivity index (χ1) is 9.98. The Morgan fingerprint density at radius 2 is 2.05 bits per heavy atom. The summed E-state index contributed by atoms with van der Waals surface area (Å²) in [5.74, 6) is -0.648. The SMILES string of the molecule is CN(CCC(=O)Nc1ccccc1F)CC1(O)CCCC1. The van der Waals surface area contributed by atoms with Crippen molar-refractivity contribution in [2.75, 3.05) is 25.5 Å². The molecule has 2 N–H and O–H groups in total. The van der Waals surface area contributed by atoms with Gasteiger partial charge in [0.15, 0.2) is 0 Å². The van der Waals surface area contributed by atoms with Crippen LogP contribution in [-0.2, 0) is 4.79 Å². The summed E-state index contributed by atoms with van der Waals surface area (Å²) in [6.45, 7) is 1.13. The lowest BCUT2D eigenvalue weighted by Gasteiger charge is -2.28. The van der Waals surface area contributed by atoms with Crippen molar-refractivity contribution in [3.05, 3.63) is 30.1 Å². The van der Waals surface area contributed by atoms with E-state index >= 15 is 0 Å². The van der Waals surface area contributed by atoms with Crippen molar-refractivity contribution in [2.45, 2.75) is 37.7 Å². The molecule has 0 heterocycles. The van der Waals surface area contributed by atoms with Gasteiger partial charge in [0.1, 0.15) is 5.82 Å². The third-order valence-corrected chi connectivity index (χ3v) is 3.97. The molecule has 1 aliphatic rings. The second-order valence-corrected chi connectivity index (χ2v) is 5.95. The Morgan fingerprint density at radius 3 is 2.71 bits per heavy atom. The number of carbonyl (C=O) groups excluding carboxylic acids is 1. The first-order valence-corrected chi connectivity index (χ1v) is 7.44. The Balaban J connectivity index is 1.75. The molecular weight excluding hydrogens is 271 g/mol. The smallest absolute Gasteiger partial charge is 0.225 e. The third kappa shape index (κ3) is 4.79. The number of para-hydroxylation sites is 1. The number of rotatable bonds is 6. The minimum Gasteiger partial charge on any atom is -0.389 e. The lowest BCUT2D eigenvalue weighted by molar-refractivity contribution is -0.116. The van der Waals surface area contributed by atoms with E-state index in [1.54, 1.807) is 12.1 Å². The first-order valence-electron chi connectivity index (χ1n) is 7.44. The highest BCUT2D eigenvalue weighted by Crippen LogP contribution is 2.29. The molecule has 0 unspecified atom stereocenters. The zero-order valence-corrected chi connectivity index (χ0v) is 12.4. The van der Waals surface area contributed by atoms with Crippen LogP contribution in [0.1, 0.15) is 32.1 Å². The Bertz CT molecular complexity index is 487. The number of amides is 1. The molecule has 1 amide bonds. The Kier molecular flexibility index (Phi) is 5.31. The number of hydrogen-bond acceptors (Lipinski definition) is 3. The molecular formula is C16H23FN2O2. The van der Waals surface area contributed by atoms with Crippen molar-refractivity contribution in [3.8, 4) is 0 Å².